The summed E-state index contributed by atoms with van der Waals surface area (Å²) in [5.74, 6) is 1.10. The zero-order valence-corrected chi connectivity index (χ0v) is 10.1. The third-order valence-electron chi connectivity index (χ3n) is 2.62. The van der Waals surface area contributed by atoms with E-state index in [4.69, 9.17) is 0 Å². The Morgan fingerprint density at radius 3 is 2.79 bits per heavy atom. The van der Waals surface area contributed by atoms with Crippen LogP contribution in [0, 0.1) is 0 Å². The molecule has 0 unspecified atom stereocenters. The number of hydrogen-bond acceptors (Lipinski definition) is 2. The average molecular weight is 259 g/mol. The third-order valence-corrected chi connectivity index (χ3v) is 3.17. The van der Waals surface area contributed by atoms with Gasteiger partial charge in [0, 0.05) is 13.0 Å². The van der Waals surface area contributed by atoms with Gasteiger partial charge in [-0.3, -0.25) is 0 Å². The molecule has 0 aliphatic carbocycles. The highest BCUT2D eigenvalue weighted by atomic mass is 79.9. The van der Waals surface area contributed by atoms with E-state index in [2.05, 4.69) is 25.5 Å². The monoisotopic (exact) mass is 258 g/mol. The molecule has 14 heavy (non-hydrogen) atoms. The van der Waals surface area contributed by atoms with Crippen LogP contribution >= 0.6 is 15.9 Å². The Morgan fingerprint density at radius 2 is 2.14 bits per heavy atom. The largest absolute Gasteiger partial charge is 0.384 e. The lowest BCUT2D eigenvalue weighted by Gasteiger charge is -2.23. The summed E-state index contributed by atoms with van der Waals surface area (Å²) in [5, 5.41) is 10.0. The van der Waals surface area contributed by atoms with Crippen molar-refractivity contribution in [3.05, 3.63) is 16.1 Å². The molecule has 2 heterocycles. The first-order chi connectivity index (χ1) is 6.50. The van der Waals surface area contributed by atoms with E-state index in [1.807, 2.05) is 0 Å². The van der Waals surface area contributed by atoms with E-state index in [9.17, 15) is 5.11 Å². The quantitative estimate of drug-likeness (QED) is 0.839. The Bertz CT molecular complexity index is 352. The second kappa shape index (κ2) is 3.35. The zero-order valence-electron chi connectivity index (χ0n) is 8.55. The summed E-state index contributed by atoms with van der Waals surface area (Å²) in [6.45, 7) is 4.58. The van der Waals surface area contributed by atoms with Crippen LogP contribution in [0.3, 0.4) is 0 Å². The van der Waals surface area contributed by atoms with Crippen LogP contribution in [0.5, 0.6) is 0 Å². The van der Waals surface area contributed by atoms with Crippen molar-refractivity contribution in [2.45, 2.75) is 45.3 Å². The van der Waals surface area contributed by atoms with Crippen molar-refractivity contribution in [1.82, 2.24) is 9.55 Å². The van der Waals surface area contributed by atoms with E-state index in [0.29, 0.717) is 0 Å². The summed E-state index contributed by atoms with van der Waals surface area (Å²) in [7, 11) is 0. The Labute approximate surface area is 92.3 Å². The number of aryl methyl sites for hydroxylation is 1. The number of nitrogens with zero attached hydrogens (tertiary/aromatic N) is 2. The molecule has 0 bridgehead atoms. The molecular formula is C10H15BrN2O. The van der Waals surface area contributed by atoms with Crippen LogP contribution in [0.25, 0.3) is 0 Å². The summed E-state index contributed by atoms with van der Waals surface area (Å²) in [6, 6.07) is 0. The van der Waals surface area contributed by atoms with Crippen LogP contribution in [-0.4, -0.2) is 14.7 Å². The van der Waals surface area contributed by atoms with Gasteiger partial charge in [-0.05, 0) is 42.6 Å². The van der Waals surface area contributed by atoms with Gasteiger partial charge in [-0.25, -0.2) is 4.98 Å². The molecule has 2 rings (SSSR count). The van der Waals surface area contributed by atoms with Gasteiger partial charge in [-0.15, -0.1) is 0 Å². The van der Waals surface area contributed by atoms with E-state index in [1.165, 1.54) is 12.8 Å². The van der Waals surface area contributed by atoms with Gasteiger partial charge in [-0.2, -0.15) is 0 Å². The maximum atomic E-state index is 10.0. The maximum absolute atomic E-state index is 10.0. The van der Waals surface area contributed by atoms with E-state index in [-0.39, 0.29) is 0 Å². The van der Waals surface area contributed by atoms with Crippen molar-refractivity contribution in [3.63, 3.8) is 0 Å². The van der Waals surface area contributed by atoms with Crippen molar-refractivity contribution in [3.8, 4) is 0 Å². The molecule has 4 heteroatoms. The predicted molar refractivity (Wildman–Crippen MR) is 58.1 cm³/mol. The summed E-state index contributed by atoms with van der Waals surface area (Å²) < 4.78 is 2.94. The average Bonchev–Trinajstić information content (AvgIpc) is 2.38. The molecule has 0 atom stereocenters. The SMILES string of the molecule is CC(C)(O)c1c(Br)nc2n1CCCC2. The number of rotatable bonds is 1. The third kappa shape index (κ3) is 1.61. The van der Waals surface area contributed by atoms with Crippen molar-refractivity contribution >= 4 is 15.9 Å². The first-order valence-corrected chi connectivity index (χ1v) is 5.77. The number of aromatic nitrogens is 2. The molecule has 0 radical (unpaired) electrons. The van der Waals surface area contributed by atoms with Crippen molar-refractivity contribution < 1.29 is 5.11 Å². The lowest BCUT2D eigenvalue weighted by molar-refractivity contribution is 0.0680. The first-order valence-electron chi connectivity index (χ1n) is 4.98. The van der Waals surface area contributed by atoms with Gasteiger partial charge in [0.2, 0.25) is 0 Å². The molecule has 1 aliphatic rings. The topological polar surface area (TPSA) is 38.1 Å². The van der Waals surface area contributed by atoms with Crippen molar-refractivity contribution in [2.24, 2.45) is 0 Å². The van der Waals surface area contributed by atoms with E-state index in [0.717, 1.165) is 29.1 Å². The highest BCUT2D eigenvalue weighted by Crippen LogP contribution is 2.31. The van der Waals surface area contributed by atoms with Crippen LogP contribution in [-0.2, 0) is 18.6 Å². The highest BCUT2D eigenvalue weighted by Gasteiger charge is 2.28. The molecule has 3 nitrogen and oxygen atoms in total. The van der Waals surface area contributed by atoms with Gasteiger partial charge in [-0.1, -0.05) is 0 Å². The first kappa shape index (κ1) is 10.2. The summed E-state index contributed by atoms with van der Waals surface area (Å²) >= 11 is 3.42. The number of fused-ring (bicyclic) bond motifs is 1. The molecule has 0 amide bonds. The lowest BCUT2D eigenvalue weighted by atomic mass is 10.1. The van der Waals surface area contributed by atoms with Crippen LogP contribution in [0.2, 0.25) is 0 Å². The molecule has 0 spiro atoms. The van der Waals surface area contributed by atoms with Crippen LogP contribution < -0.4 is 0 Å². The number of imidazole rings is 1. The standard InChI is InChI=1S/C10H15BrN2O/c1-10(2,14)8-9(11)12-7-5-3-4-6-13(7)8/h14H,3-6H2,1-2H3. The second-order valence-electron chi connectivity index (χ2n) is 4.34. The van der Waals surface area contributed by atoms with Gasteiger partial charge in [0.1, 0.15) is 16.0 Å². The molecule has 0 saturated heterocycles. The Balaban J connectivity index is 2.53. The molecule has 0 fully saturated rings. The number of aliphatic hydroxyl groups is 1. The van der Waals surface area contributed by atoms with Crippen LogP contribution in [0.4, 0.5) is 0 Å². The van der Waals surface area contributed by atoms with E-state index in [1.54, 1.807) is 13.8 Å². The summed E-state index contributed by atoms with van der Waals surface area (Å²) in [6.07, 6.45) is 3.41. The molecule has 1 aromatic heterocycles. The van der Waals surface area contributed by atoms with Gasteiger partial charge < -0.3 is 9.67 Å². The molecule has 1 N–H and O–H groups in total. The molecule has 1 aromatic rings. The number of halogens is 1. The smallest absolute Gasteiger partial charge is 0.130 e. The maximum Gasteiger partial charge on any atom is 0.130 e. The second-order valence-corrected chi connectivity index (χ2v) is 5.09. The normalized spacial score (nSPS) is 16.9. The fourth-order valence-electron chi connectivity index (χ4n) is 2.03. The summed E-state index contributed by atoms with van der Waals surface area (Å²) in [4.78, 5) is 4.44. The van der Waals surface area contributed by atoms with Crippen LogP contribution in [0.15, 0.2) is 4.60 Å². The van der Waals surface area contributed by atoms with Crippen molar-refractivity contribution in [1.29, 1.82) is 0 Å². The predicted octanol–water partition coefficient (Wildman–Crippen LogP) is 2.21. The Hall–Kier alpha value is -0.350. The highest BCUT2D eigenvalue weighted by molar-refractivity contribution is 9.10. The van der Waals surface area contributed by atoms with Gasteiger partial charge in [0.15, 0.2) is 0 Å². The van der Waals surface area contributed by atoms with Gasteiger partial charge in [0.05, 0.1) is 5.69 Å². The van der Waals surface area contributed by atoms with E-state index >= 15 is 0 Å². The molecule has 1 aliphatic heterocycles. The minimum Gasteiger partial charge on any atom is -0.384 e. The summed E-state index contributed by atoms with van der Waals surface area (Å²) in [5.41, 5.74) is 0.0914. The molecular weight excluding hydrogens is 244 g/mol. The zero-order chi connectivity index (χ0) is 10.3. The minimum absolute atomic E-state index is 0.793. The fraction of sp³-hybridized carbons (Fsp3) is 0.700. The minimum atomic E-state index is -0.818. The van der Waals surface area contributed by atoms with Crippen LogP contribution in [0.1, 0.15) is 38.2 Å². The molecule has 0 saturated carbocycles. The Morgan fingerprint density at radius 1 is 1.43 bits per heavy atom. The Kier molecular flexibility index (Phi) is 2.43. The van der Waals surface area contributed by atoms with Gasteiger partial charge >= 0.3 is 0 Å². The van der Waals surface area contributed by atoms with Crippen molar-refractivity contribution in [2.75, 3.05) is 0 Å². The lowest BCUT2D eigenvalue weighted by Crippen LogP contribution is -2.24. The molecule has 78 valence electrons. The fourth-order valence-corrected chi connectivity index (χ4v) is 2.94. The molecule has 0 aromatic carbocycles. The van der Waals surface area contributed by atoms with E-state index < -0.39 is 5.60 Å². The van der Waals surface area contributed by atoms with Gasteiger partial charge in [0.25, 0.3) is 0 Å². The number of hydrogen-bond donors (Lipinski definition) is 1.